The fourth-order valence-electron chi connectivity index (χ4n) is 2.00. The normalized spacial score (nSPS) is 19.5. The van der Waals surface area contributed by atoms with Gasteiger partial charge >= 0.3 is 0 Å². The van der Waals surface area contributed by atoms with Crippen LogP contribution < -0.4 is 10.9 Å². The number of aromatic nitrogens is 2. The van der Waals surface area contributed by atoms with Crippen LogP contribution in [-0.2, 0) is 6.54 Å². The molecule has 1 fully saturated rings. The molecule has 1 aliphatic rings. The average Bonchev–Trinajstić information content (AvgIpc) is 2.83. The minimum absolute atomic E-state index is 0.00246. The Morgan fingerprint density at radius 3 is 3.24 bits per heavy atom. The van der Waals surface area contributed by atoms with Crippen LogP contribution in [0.4, 0.5) is 5.82 Å². The Kier molecular flexibility index (Phi) is 4.48. The highest BCUT2D eigenvalue weighted by atomic mass is 32.2. The van der Waals surface area contributed by atoms with Crippen molar-refractivity contribution in [2.24, 2.45) is 0 Å². The molecule has 5 heteroatoms. The van der Waals surface area contributed by atoms with E-state index in [2.05, 4.69) is 17.2 Å². The molecule has 0 saturated carbocycles. The molecule has 1 N–H and O–H groups in total. The highest BCUT2D eigenvalue weighted by Crippen LogP contribution is 2.25. The van der Waals surface area contributed by atoms with Crippen molar-refractivity contribution in [3.05, 3.63) is 22.7 Å². The van der Waals surface area contributed by atoms with Crippen LogP contribution in [0.25, 0.3) is 0 Å². The monoisotopic (exact) mass is 253 g/mol. The lowest BCUT2D eigenvalue weighted by Gasteiger charge is -2.11. The zero-order chi connectivity index (χ0) is 12.1. The Bertz CT molecular complexity index is 412. The average molecular weight is 253 g/mol. The zero-order valence-corrected chi connectivity index (χ0v) is 11.0. The van der Waals surface area contributed by atoms with Crippen LogP contribution in [0, 0.1) is 0 Å². The van der Waals surface area contributed by atoms with Crippen LogP contribution in [0.5, 0.6) is 0 Å². The summed E-state index contributed by atoms with van der Waals surface area (Å²) in [4.78, 5) is 16.1. The summed E-state index contributed by atoms with van der Waals surface area (Å²) >= 11 is 1.98. The molecule has 1 unspecified atom stereocenters. The molecular formula is C12H19N3OS. The van der Waals surface area contributed by atoms with Crippen molar-refractivity contribution in [2.45, 2.75) is 38.0 Å². The summed E-state index contributed by atoms with van der Waals surface area (Å²) in [6.07, 6.45) is 6.94. The minimum atomic E-state index is -0.00246. The third-order valence-electron chi connectivity index (χ3n) is 2.90. The first kappa shape index (κ1) is 12.5. The van der Waals surface area contributed by atoms with Gasteiger partial charge in [-0.2, -0.15) is 11.8 Å². The van der Waals surface area contributed by atoms with Gasteiger partial charge in [-0.1, -0.05) is 6.92 Å². The summed E-state index contributed by atoms with van der Waals surface area (Å²) in [5.41, 5.74) is -0.00246. The fourth-order valence-corrected chi connectivity index (χ4v) is 3.20. The molecule has 0 aromatic carbocycles. The van der Waals surface area contributed by atoms with Crippen LogP contribution in [-0.4, -0.2) is 27.1 Å². The molecule has 0 amide bonds. The minimum Gasteiger partial charge on any atom is -0.364 e. The Balaban J connectivity index is 1.99. The van der Waals surface area contributed by atoms with Crippen LogP contribution in [0.15, 0.2) is 17.2 Å². The van der Waals surface area contributed by atoms with Crippen molar-refractivity contribution in [1.29, 1.82) is 0 Å². The van der Waals surface area contributed by atoms with Gasteiger partial charge in [-0.25, -0.2) is 4.98 Å². The van der Waals surface area contributed by atoms with Gasteiger partial charge in [-0.15, -0.1) is 0 Å². The van der Waals surface area contributed by atoms with E-state index >= 15 is 0 Å². The van der Waals surface area contributed by atoms with E-state index in [1.165, 1.54) is 18.6 Å². The lowest BCUT2D eigenvalue weighted by molar-refractivity contribution is 0.649. The van der Waals surface area contributed by atoms with E-state index in [0.717, 1.165) is 19.5 Å². The molecule has 17 heavy (non-hydrogen) atoms. The van der Waals surface area contributed by atoms with E-state index in [4.69, 9.17) is 0 Å². The molecule has 4 nitrogen and oxygen atoms in total. The quantitative estimate of drug-likeness (QED) is 0.871. The smallest absolute Gasteiger partial charge is 0.293 e. The fraction of sp³-hybridized carbons (Fsp3) is 0.667. The maximum atomic E-state index is 12.0. The molecule has 0 radical (unpaired) electrons. The van der Waals surface area contributed by atoms with Crippen molar-refractivity contribution < 1.29 is 0 Å². The first-order valence-corrected chi connectivity index (χ1v) is 7.27. The Hall–Kier alpha value is -0.970. The summed E-state index contributed by atoms with van der Waals surface area (Å²) in [6, 6.07) is 0. The van der Waals surface area contributed by atoms with Crippen molar-refractivity contribution in [3.63, 3.8) is 0 Å². The number of hydrogen-bond acceptors (Lipinski definition) is 4. The number of rotatable bonds is 5. The van der Waals surface area contributed by atoms with Gasteiger partial charge < -0.3 is 9.88 Å². The molecule has 1 aromatic rings. The van der Waals surface area contributed by atoms with Crippen molar-refractivity contribution >= 4 is 17.6 Å². The van der Waals surface area contributed by atoms with Gasteiger partial charge in [0.15, 0.2) is 5.82 Å². The summed E-state index contributed by atoms with van der Waals surface area (Å²) in [7, 11) is 0. The number of nitrogens with zero attached hydrogens (tertiary/aromatic N) is 2. The number of hydrogen-bond donors (Lipinski definition) is 1. The largest absolute Gasteiger partial charge is 0.364 e. The molecule has 0 aliphatic carbocycles. The third kappa shape index (κ3) is 3.25. The number of aryl methyl sites for hydroxylation is 1. The van der Waals surface area contributed by atoms with Gasteiger partial charge in [-0.3, -0.25) is 4.79 Å². The molecule has 1 aromatic heterocycles. The molecular weight excluding hydrogens is 234 g/mol. The topological polar surface area (TPSA) is 46.9 Å². The maximum absolute atomic E-state index is 12.0. The summed E-state index contributed by atoms with van der Waals surface area (Å²) in [5.74, 6) is 1.74. The standard InChI is InChI=1S/C12H19N3OS/c1-2-6-15-7-5-13-11(12(15)16)14-9-10-4-3-8-17-10/h5,7,10H,2-4,6,8-9H2,1H3,(H,13,14). The van der Waals surface area contributed by atoms with Gasteiger partial charge in [0.05, 0.1) is 0 Å². The molecule has 2 rings (SSSR count). The SMILES string of the molecule is CCCn1ccnc(NCC2CCCS2)c1=O. The molecule has 1 saturated heterocycles. The second kappa shape index (κ2) is 6.10. The van der Waals surface area contributed by atoms with Crippen molar-refractivity contribution in [2.75, 3.05) is 17.6 Å². The lowest BCUT2D eigenvalue weighted by atomic mass is 10.2. The van der Waals surface area contributed by atoms with E-state index in [0.29, 0.717) is 11.1 Å². The van der Waals surface area contributed by atoms with Crippen molar-refractivity contribution in [1.82, 2.24) is 9.55 Å². The van der Waals surface area contributed by atoms with Gasteiger partial charge in [0, 0.05) is 30.7 Å². The highest BCUT2D eigenvalue weighted by Gasteiger charge is 2.15. The summed E-state index contributed by atoms with van der Waals surface area (Å²) in [6.45, 7) is 3.67. The lowest BCUT2D eigenvalue weighted by Crippen LogP contribution is -2.26. The highest BCUT2D eigenvalue weighted by molar-refractivity contribution is 8.00. The van der Waals surface area contributed by atoms with Crippen LogP contribution in [0.2, 0.25) is 0 Å². The molecule has 0 spiro atoms. The van der Waals surface area contributed by atoms with Gasteiger partial charge in [0.1, 0.15) is 0 Å². The van der Waals surface area contributed by atoms with E-state index in [1.54, 1.807) is 17.0 Å². The van der Waals surface area contributed by atoms with Crippen molar-refractivity contribution in [3.8, 4) is 0 Å². The Labute approximate surface area is 106 Å². The third-order valence-corrected chi connectivity index (χ3v) is 4.30. The van der Waals surface area contributed by atoms with E-state index in [1.807, 2.05) is 11.8 Å². The van der Waals surface area contributed by atoms with E-state index < -0.39 is 0 Å². The molecule has 94 valence electrons. The number of nitrogens with one attached hydrogen (secondary N) is 1. The second-order valence-electron chi connectivity index (χ2n) is 4.29. The van der Waals surface area contributed by atoms with Gasteiger partial charge in [0.25, 0.3) is 5.56 Å². The van der Waals surface area contributed by atoms with E-state index in [-0.39, 0.29) is 5.56 Å². The predicted octanol–water partition coefficient (Wildman–Crippen LogP) is 1.96. The molecule has 0 bridgehead atoms. The summed E-state index contributed by atoms with van der Waals surface area (Å²) < 4.78 is 1.72. The Morgan fingerprint density at radius 1 is 1.65 bits per heavy atom. The second-order valence-corrected chi connectivity index (χ2v) is 5.70. The molecule has 2 heterocycles. The maximum Gasteiger partial charge on any atom is 0.293 e. The van der Waals surface area contributed by atoms with Crippen LogP contribution >= 0.6 is 11.8 Å². The molecule has 1 atom stereocenters. The summed E-state index contributed by atoms with van der Waals surface area (Å²) in [5, 5.41) is 3.82. The number of anilines is 1. The first-order chi connectivity index (χ1) is 8.31. The van der Waals surface area contributed by atoms with Gasteiger partial charge in [0.2, 0.25) is 0 Å². The first-order valence-electron chi connectivity index (χ1n) is 6.22. The predicted molar refractivity (Wildman–Crippen MR) is 72.8 cm³/mol. The molecule has 1 aliphatic heterocycles. The van der Waals surface area contributed by atoms with Crippen LogP contribution in [0.1, 0.15) is 26.2 Å². The zero-order valence-electron chi connectivity index (χ0n) is 10.2. The Morgan fingerprint density at radius 2 is 2.53 bits per heavy atom. The number of thioether (sulfide) groups is 1. The van der Waals surface area contributed by atoms with Crippen LogP contribution in [0.3, 0.4) is 0 Å². The van der Waals surface area contributed by atoms with E-state index in [9.17, 15) is 4.79 Å². The van der Waals surface area contributed by atoms with Gasteiger partial charge in [-0.05, 0) is 25.0 Å².